The number of carbonyl (C=O) groups excluding carboxylic acids is 2. The van der Waals surface area contributed by atoms with Crippen LogP contribution in [-0.4, -0.2) is 25.1 Å². The quantitative estimate of drug-likeness (QED) is 0.446. The summed E-state index contributed by atoms with van der Waals surface area (Å²) in [6.45, 7) is 5.78. The second kappa shape index (κ2) is 9.52. The fourth-order valence-corrected chi connectivity index (χ4v) is 2.28. The van der Waals surface area contributed by atoms with E-state index >= 15 is 0 Å². The number of nitrogens with one attached hydrogen (secondary N) is 2. The highest BCUT2D eigenvalue weighted by Crippen LogP contribution is 2.16. The topological polar surface area (TPSA) is 79.8 Å². The average molecular weight is 367 g/mol. The molecule has 0 radical (unpaired) electrons. The summed E-state index contributed by atoms with van der Waals surface area (Å²) in [6.07, 6.45) is 1.55. The van der Waals surface area contributed by atoms with Crippen LogP contribution in [0.4, 0.5) is 5.69 Å². The first-order valence-electron chi connectivity index (χ1n) is 8.78. The third-order valence-electron chi connectivity index (χ3n) is 4.14. The van der Waals surface area contributed by atoms with Crippen LogP contribution in [-0.2, 0) is 9.59 Å². The number of anilines is 1. The molecule has 0 saturated carbocycles. The predicted molar refractivity (Wildman–Crippen MR) is 107 cm³/mol. The molecule has 27 heavy (non-hydrogen) atoms. The standard InChI is InChI=1S/C21H25N3O3/c1-14(2)17-7-5-16(6-8-17)13-22-24-21(26)15(3)20(25)23-18-9-11-19(27-4)12-10-18/h5-15H,1-4H3,(H,23,25)(H,24,26). The van der Waals surface area contributed by atoms with Gasteiger partial charge < -0.3 is 10.1 Å². The Bertz CT molecular complexity index is 796. The van der Waals surface area contributed by atoms with Crippen molar-refractivity contribution in [3.63, 3.8) is 0 Å². The minimum Gasteiger partial charge on any atom is -0.497 e. The molecule has 6 heteroatoms. The summed E-state index contributed by atoms with van der Waals surface area (Å²) in [5.41, 5.74) is 5.10. The Morgan fingerprint density at radius 1 is 0.963 bits per heavy atom. The Morgan fingerprint density at radius 3 is 2.15 bits per heavy atom. The van der Waals surface area contributed by atoms with E-state index in [4.69, 9.17) is 4.74 Å². The van der Waals surface area contributed by atoms with E-state index in [1.807, 2.05) is 24.3 Å². The first kappa shape index (κ1) is 20.2. The lowest BCUT2D eigenvalue weighted by Gasteiger charge is -2.11. The lowest BCUT2D eigenvalue weighted by atomic mass is 10.0. The van der Waals surface area contributed by atoms with Crippen molar-refractivity contribution in [3.8, 4) is 5.75 Å². The normalized spacial score (nSPS) is 12.0. The van der Waals surface area contributed by atoms with Crippen molar-refractivity contribution in [2.75, 3.05) is 12.4 Å². The van der Waals surface area contributed by atoms with E-state index in [9.17, 15) is 9.59 Å². The molecule has 6 nitrogen and oxygen atoms in total. The molecule has 142 valence electrons. The van der Waals surface area contributed by atoms with Crippen LogP contribution in [0.15, 0.2) is 53.6 Å². The summed E-state index contributed by atoms with van der Waals surface area (Å²) in [5, 5.41) is 6.62. The van der Waals surface area contributed by atoms with Gasteiger partial charge in [-0.2, -0.15) is 5.10 Å². The van der Waals surface area contributed by atoms with E-state index < -0.39 is 17.7 Å². The first-order chi connectivity index (χ1) is 12.9. The van der Waals surface area contributed by atoms with Gasteiger partial charge in [-0.1, -0.05) is 38.1 Å². The molecule has 0 aliphatic heterocycles. The highest BCUT2D eigenvalue weighted by Gasteiger charge is 2.21. The minimum atomic E-state index is -0.882. The van der Waals surface area contributed by atoms with Crippen LogP contribution in [0.3, 0.4) is 0 Å². The van der Waals surface area contributed by atoms with E-state index in [2.05, 4.69) is 29.7 Å². The van der Waals surface area contributed by atoms with Crippen LogP contribution in [0.5, 0.6) is 5.75 Å². The number of nitrogens with zero attached hydrogens (tertiary/aromatic N) is 1. The van der Waals surface area contributed by atoms with E-state index in [0.717, 1.165) is 5.56 Å². The molecule has 1 unspecified atom stereocenters. The number of rotatable bonds is 7. The number of amides is 2. The number of carbonyl (C=O) groups is 2. The maximum atomic E-state index is 12.2. The zero-order chi connectivity index (χ0) is 19.8. The lowest BCUT2D eigenvalue weighted by Crippen LogP contribution is -2.34. The van der Waals surface area contributed by atoms with Crippen LogP contribution in [0.2, 0.25) is 0 Å². The molecule has 0 aromatic heterocycles. The maximum Gasteiger partial charge on any atom is 0.252 e. The number of methoxy groups -OCH3 is 1. The van der Waals surface area contributed by atoms with Gasteiger partial charge in [-0.25, -0.2) is 5.43 Å². The highest BCUT2D eigenvalue weighted by molar-refractivity contribution is 6.06. The fourth-order valence-electron chi connectivity index (χ4n) is 2.28. The van der Waals surface area contributed by atoms with Gasteiger partial charge in [0.25, 0.3) is 5.91 Å². The molecule has 0 bridgehead atoms. The third kappa shape index (κ3) is 5.95. The maximum absolute atomic E-state index is 12.2. The summed E-state index contributed by atoms with van der Waals surface area (Å²) in [6, 6.07) is 14.8. The molecule has 2 aromatic carbocycles. The number of hydrogen-bond acceptors (Lipinski definition) is 4. The Kier molecular flexibility index (Phi) is 7.11. The zero-order valence-electron chi connectivity index (χ0n) is 16.0. The number of benzene rings is 2. The van der Waals surface area contributed by atoms with Crippen LogP contribution >= 0.6 is 0 Å². The van der Waals surface area contributed by atoms with Crippen molar-refractivity contribution >= 4 is 23.7 Å². The Labute approximate surface area is 159 Å². The smallest absolute Gasteiger partial charge is 0.252 e. The van der Waals surface area contributed by atoms with Gasteiger partial charge in [0.05, 0.1) is 13.3 Å². The molecule has 0 spiro atoms. The molecule has 2 rings (SSSR count). The molecule has 0 aliphatic rings. The van der Waals surface area contributed by atoms with Gasteiger partial charge in [0.1, 0.15) is 11.7 Å². The molecule has 0 aliphatic carbocycles. The molecule has 0 fully saturated rings. The van der Waals surface area contributed by atoms with E-state index in [-0.39, 0.29) is 0 Å². The van der Waals surface area contributed by atoms with Gasteiger partial charge in [0.2, 0.25) is 5.91 Å². The SMILES string of the molecule is COc1ccc(NC(=O)C(C)C(=O)NN=Cc2ccc(C(C)C)cc2)cc1. The summed E-state index contributed by atoms with van der Waals surface area (Å²) in [4.78, 5) is 24.3. The van der Waals surface area contributed by atoms with E-state index in [0.29, 0.717) is 17.4 Å². The van der Waals surface area contributed by atoms with Gasteiger partial charge in [-0.05, 0) is 48.2 Å². The monoisotopic (exact) mass is 367 g/mol. The second-order valence-corrected chi connectivity index (χ2v) is 6.50. The van der Waals surface area contributed by atoms with Crippen molar-refractivity contribution in [1.82, 2.24) is 5.43 Å². The van der Waals surface area contributed by atoms with Crippen molar-refractivity contribution < 1.29 is 14.3 Å². The van der Waals surface area contributed by atoms with Gasteiger partial charge in [-0.3, -0.25) is 9.59 Å². The molecule has 2 aromatic rings. The molecule has 0 saturated heterocycles. The lowest BCUT2D eigenvalue weighted by molar-refractivity contribution is -0.131. The van der Waals surface area contributed by atoms with Gasteiger partial charge >= 0.3 is 0 Å². The second-order valence-electron chi connectivity index (χ2n) is 6.50. The zero-order valence-corrected chi connectivity index (χ0v) is 16.0. The Balaban J connectivity index is 1.87. The average Bonchev–Trinajstić information content (AvgIpc) is 2.68. The van der Waals surface area contributed by atoms with Crippen molar-refractivity contribution in [2.24, 2.45) is 11.0 Å². The number of hydrogen-bond donors (Lipinski definition) is 2. The summed E-state index contributed by atoms with van der Waals surface area (Å²) in [7, 11) is 1.57. The summed E-state index contributed by atoms with van der Waals surface area (Å²) < 4.78 is 5.07. The fraction of sp³-hybridized carbons (Fsp3) is 0.286. The molecular formula is C21H25N3O3. The molecule has 2 amide bonds. The summed E-state index contributed by atoms with van der Waals surface area (Å²) in [5.74, 6) is -0.618. The predicted octanol–water partition coefficient (Wildman–Crippen LogP) is 3.54. The molecular weight excluding hydrogens is 342 g/mol. The van der Waals surface area contributed by atoms with Crippen LogP contribution in [0, 0.1) is 5.92 Å². The largest absolute Gasteiger partial charge is 0.497 e. The molecule has 1 atom stereocenters. The van der Waals surface area contributed by atoms with E-state index in [1.165, 1.54) is 12.5 Å². The van der Waals surface area contributed by atoms with Crippen molar-refractivity contribution in [3.05, 3.63) is 59.7 Å². The number of ether oxygens (including phenoxy) is 1. The van der Waals surface area contributed by atoms with Crippen molar-refractivity contribution in [2.45, 2.75) is 26.7 Å². The van der Waals surface area contributed by atoms with Crippen LogP contribution < -0.4 is 15.5 Å². The Hall–Kier alpha value is -3.15. The highest BCUT2D eigenvalue weighted by atomic mass is 16.5. The van der Waals surface area contributed by atoms with Gasteiger partial charge in [0, 0.05) is 5.69 Å². The first-order valence-corrected chi connectivity index (χ1v) is 8.78. The molecule has 2 N–H and O–H groups in total. The third-order valence-corrected chi connectivity index (χ3v) is 4.14. The minimum absolute atomic E-state index is 0.408. The van der Waals surface area contributed by atoms with E-state index in [1.54, 1.807) is 37.6 Å². The van der Waals surface area contributed by atoms with Gasteiger partial charge in [-0.15, -0.1) is 0 Å². The van der Waals surface area contributed by atoms with Gasteiger partial charge in [0.15, 0.2) is 0 Å². The number of hydrazone groups is 1. The Morgan fingerprint density at radius 2 is 1.59 bits per heavy atom. The summed E-state index contributed by atoms with van der Waals surface area (Å²) >= 11 is 0. The molecule has 0 heterocycles. The van der Waals surface area contributed by atoms with Crippen LogP contribution in [0.1, 0.15) is 37.8 Å². The van der Waals surface area contributed by atoms with Crippen molar-refractivity contribution in [1.29, 1.82) is 0 Å². The van der Waals surface area contributed by atoms with Crippen LogP contribution in [0.25, 0.3) is 0 Å².